The number of Topliss-reactive ketones (excluding diaryl/α,β-unsaturated/α-hetero) is 1. The third-order valence-corrected chi connectivity index (χ3v) is 1.85. The molecule has 1 aromatic rings. The van der Waals surface area contributed by atoms with Gasteiger partial charge in [0.1, 0.15) is 18.1 Å². The smallest absolute Gasteiger partial charge is 0.191 e. The number of hydrogen-bond donors (Lipinski definition) is 1. The van der Waals surface area contributed by atoms with E-state index < -0.39 is 6.61 Å². The Morgan fingerprint density at radius 1 is 1.36 bits per heavy atom. The normalized spacial score (nSPS) is 9.64. The summed E-state index contributed by atoms with van der Waals surface area (Å²) in [5.41, 5.74) is 0.357. The Morgan fingerprint density at radius 3 is 2.57 bits per heavy atom. The molecule has 0 saturated heterocycles. The van der Waals surface area contributed by atoms with Gasteiger partial charge in [-0.05, 0) is 12.1 Å². The van der Waals surface area contributed by atoms with E-state index in [9.17, 15) is 4.79 Å². The number of benzene rings is 1. The van der Waals surface area contributed by atoms with Gasteiger partial charge in [0, 0.05) is 6.07 Å². The molecule has 0 aliphatic rings. The van der Waals surface area contributed by atoms with Crippen molar-refractivity contribution < 1.29 is 19.4 Å². The van der Waals surface area contributed by atoms with Crippen molar-refractivity contribution in [1.82, 2.24) is 0 Å². The van der Waals surface area contributed by atoms with Crippen LogP contribution in [0.3, 0.4) is 0 Å². The maximum Gasteiger partial charge on any atom is 0.191 e. The van der Waals surface area contributed by atoms with Crippen LogP contribution in [0.25, 0.3) is 0 Å². The zero-order valence-corrected chi connectivity index (χ0v) is 8.11. The number of aliphatic hydroxyl groups excluding tert-OH is 1. The van der Waals surface area contributed by atoms with E-state index in [4.69, 9.17) is 14.6 Å². The first-order valence-corrected chi connectivity index (χ1v) is 4.09. The first kappa shape index (κ1) is 10.5. The highest BCUT2D eigenvalue weighted by Crippen LogP contribution is 2.24. The molecule has 0 aliphatic heterocycles. The average molecular weight is 196 g/mol. The summed E-state index contributed by atoms with van der Waals surface area (Å²) in [4.78, 5) is 11.2. The van der Waals surface area contributed by atoms with Crippen molar-refractivity contribution in [2.24, 2.45) is 0 Å². The minimum atomic E-state index is -0.525. The molecule has 0 bridgehead atoms. The van der Waals surface area contributed by atoms with Gasteiger partial charge < -0.3 is 14.6 Å². The van der Waals surface area contributed by atoms with Crippen molar-refractivity contribution in [3.8, 4) is 11.5 Å². The van der Waals surface area contributed by atoms with Gasteiger partial charge in [-0.3, -0.25) is 4.79 Å². The summed E-state index contributed by atoms with van der Waals surface area (Å²) in [6.45, 7) is -0.525. The van der Waals surface area contributed by atoms with Crippen LogP contribution in [0.15, 0.2) is 18.2 Å². The molecule has 0 radical (unpaired) electrons. The van der Waals surface area contributed by atoms with E-state index in [1.165, 1.54) is 14.2 Å². The second-order valence-electron chi connectivity index (χ2n) is 2.65. The van der Waals surface area contributed by atoms with E-state index in [2.05, 4.69) is 0 Å². The van der Waals surface area contributed by atoms with Gasteiger partial charge in [0.25, 0.3) is 0 Å². The molecule has 0 aliphatic carbocycles. The number of ether oxygens (including phenoxy) is 2. The topological polar surface area (TPSA) is 55.8 Å². The van der Waals surface area contributed by atoms with Gasteiger partial charge in [-0.2, -0.15) is 0 Å². The minimum absolute atomic E-state index is 0.357. The molecule has 0 saturated carbocycles. The molecule has 4 nitrogen and oxygen atoms in total. The Bertz CT molecular complexity index is 333. The van der Waals surface area contributed by atoms with E-state index in [-0.39, 0.29) is 5.78 Å². The third-order valence-electron chi connectivity index (χ3n) is 1.85. The Hall–Kier alpha value is -1.55. The maximum absolute atomic E-state index is 11.2. The number of rotatable bonds is 4. The van der Waals surface area contributed by atoms with Crippen LogP contribution in [0.2, 0.25) is 0 Å². The Kier molecular flexibility index (Phi) is 3.48. The molecule has 76 valence electrons. The fraction of sp³-hybridized carbons (Fsp3) is 0.300. The molecular weight excluding hydrogens is 184 g/mol. The van der Waals surface area contributed by atoms with Crippen LogP contribution in [-0.4, -0.2) is 31.7 Å². The molecule has 0 aromatic heterocycles. The van der Waals surface area contributed by atoms with Gasteiger partial charge in [-0.25, -0.2) is 0 Å². The number of hydrogen-bond acceptors (Lipinski definition) is 4. The van der Waals surface area contributed by atoms with E-state index >= 15 is 0 Å². The largest absolute Gasteiger partial charge is 0.497 e. The van der Waals surface area contributed by atoms with Crippen molar-refractivity contribution in [1.29, 1.82) is 0 Å². The molecule has 0 spiro atoms. The predicted octanol–water partition coefficient (Wildman–Crippen LogP) is 0.879. The number of methoxy groups -OCH3 is 2. The lowest BCUT2D eigenvalue weighted by atomic mass is 10.1. The highest BCUT2D eigenvalue weighted by atomic mass is 16.5. The molecule has 14 heavy (non-hydrogen) atoms. The summed E-state index contributed by atoms with van der Waals surface area (Å²) in [6, 6.07) is 4.81. The number of ketones is 1. The number of aliphatic hydroxyl groups is 1. The fourth-order valence-corrected chi connectivity index (χ4v) is 1.11. The summed E-state index contributed by atoms with van der Waals surface area (Å²) in [5.74, 6) is 0.643. The van der Waals surface area contributed by atoms with Crippen LogP contribution in [0, 0.1) is 0 Å². The first-order valence-electron chi connectivity index (χ1n) is 4.09. The van der Waals surface area contributed by atoms with Crippen LogP contribution in [0.4, 0.5) is 0 Å². The van der Waals surface area contributed by atoms with E-state index in [1.54, 1.807) is 18.2 Å². The van der Waals surface area contributed by atoms with E-state index in [0.717, 1.165) is 0 Å². The van der Waals surface area contributed by atoms with Gasteiger partial charge in [-0.15, -0.1) is 0 Å². The molecule has 4 heteroatoms. The van der Waals surface area contributed by atoms with Crippen molar-refractivity contribution in [2.75, 3.05) is 20.8 Å². The molecule has 0 fully saturated rings. The quantitative estimate of drug-likeness (QED) is 0.726. The van der Waals surface area contributed by atoms with E-state index in [0.29, 0.717) is 17.1 Å². The SMILES string of the molecule is COc1ccc(C(=O)CO)c(OC)c1. The number of carbonyl (C=O) groups excluding carboxylic acids is 1. The summed E-state index contributed by atoms with van der Waals surface area (Å²) < 4.78 is 9.97. The van der Waals surface area contributed by atoms with Crippen LogP contribution in [0.5, 0.6) is 11.5 Å². The van der Waals surface area contributed by atoms with Crippen molar-refractivity contribution in [3.05, 3.63) is 23.8 Å². The van der Waals surface area contributed by atoms with Crippen LogP contribution < -0.4 is 9.47 Å². The molecular formula is C10H12O4. The summed E-state index contributed by atoms with van der Waals surface area (Å²) in [7, 11) is 2.99. The lowest BCUT2D eigenvalue weighted by molar-refractivity contribution is 0.0900. The van der Waals surface area contributed by atoms with Crippen molar-refractivity contribution in [2.45, 2.75) is 0 Å². The summed E-state index contributed by atoms with van der Waals surface area (Å²) in [5, 5.41) is 8.70. The van der Waals surface area contributed by atoms with E-state index in [1.807, 2.05) is 0 Å². The summed E-state index contributed by atoms with van der Waals surface area (Å²) in [6.07, 6.45) is 0. The van der Waals surface area contributed by atoms with Gasteiger partial charge in [0.2, 0.25) is 0 Å². The zero-order valence-electron chi connectivity index (χ0n) is 8.11. The molecule has 1 rings (SSSR count). The molecule has 1 aromatic carbocycles. The molecule has 0 unspecified atom stereocenters. The van der Waals surface area contributed by atoms with Gasteiger partial charge in [-0.1, -0.05) is 0 Å². The Balaban J connectivity index is 3.11. The standard InChI is InChI=1S/C10H12O4/c1-13-7-3-4-8(9(12)6-11)10(5-7)14-2/h3-5,11H,6H2,1-2H3. The highest BCUT2D eigenvalue weighted by molar-refractivity contribution is 5.99. The second-order valence-corrected chi connectivity index (χ2v) is 2.65. The lowest BCUT2D eigenvalue weighted by Gasteiger charge is -2.08. The van der Waals surface area contributed by atoms with Crippen LogP contribution in [0.1, 0.15) is 10.4 Å². The van der Waals surface area contributed by atoms with Crippen LogP contribution in [-0.2, 0) is 0 Å². The van der Waals surface area contributed by atoms with Gasteiger partial charge >= 0.3 is 0 Å². The molecule has 0 amide bonds. The molecule has 0 atom stereocenters. The van der Waals surface area contributed by atoms with Gasteiger partial charge in [0.05, 0.1) is 19.8 Å². The van der Waals surface area contributed by atoms with Crippen molar-refractivity contribution in [3.63, 3.8) is 0 Å². The van der Waals surface area contributed by atoms with Crippen molar-refractivity contribution >= 4 is 5.78 Å². The monoisotopic (exact) mass is 196 g/mol. The second kappa shape index (κ2) is 4.62. The Labute approximate surface area is 82.1 Å². The Morgan fingerprint density at radius 2 is 2.07 bits per heavy atom. The zero-order chi connectivity index (χ0) is 10.6. The molecule has 0 heterocycles. The fourth-order valence-electron chi connectivity index (χ4n) is 1.11. The minimum Gasteiger partial charge on any atom is -0.497 e. The maximum atomic E-state index is 11.2. The van der Waals surface area contributed by atoms with Gasteiger partial charge in [0.15, 0.2) is 5.78 Å². The highest BCUT2D eigenvalue weighted by Gasteiger charge is 2.11. The number of carbonyl (C=O) groups is 1. The predicted molar refractivity (Wildman–Crippen MR) is 51.0 cm³/mol. The summed E-state index contributed by atoms with van der Waals surface area (Å²) >= 11 is 0. The lowest BCUT2D eigenvalue weighted by Crippen LogP contribution is -2.06. The third kappa shape index (κ3) is 2.03. The molecule has 1 N–H and O–H groups in total. The van der Waals surface area contributed by atoms with Crippen LogP contribution >= 0.6 is 0 Å². The average Bonchev–Trinajstić information content (AvgIpc) is 2.27. The first-order chi connectivity index (χ1) is 6.72.